The molecule has 1 aliphatic heterocycles. The molecule has 0 fully saturated rings. The number of allylic oxidation sites excluding steroid dienone is 1. The van der Waals surface area contributed by atoms with E-state index in [4.69, 9.17) is 14.2 Å². The predicted molar refractivity (Wildman–Crippen MR) is 119 cm³/mol. The summed E-state index contributed by atoms with van der Waals surface area (Å²) in [6.45, 7) is 2.10. The van der Waals surface area contributed by atoms with Gasteiger partial charge in [-0.2, -0.15) is 14.5 Å². The molecule has 10 heteroatoms. The van der Waals surface area contributed by atoms with Gasteiger partial charge in [0.1, 0.15) is 6.33 Å². The van der Waals surface area contributed by atoms with Crippen LogP contribution in [0.25, 0.3) is 17.3 Å². The number of aromatic nitrogens is 4. The molecule has 2 aromatic carbocycles. The van der Waals surface area contributed by atoms with Crippen molar-refractivity contribution in [3.63, 3.8) is 0 Å². The number of hydrogen-bond donors (Lipinski definition) is 2. The predicted octanol–water partition coefficient (Wildman–Crippen LogP) is 5.37. The zero-order valence-corrected chi connectivity index (χ0v) is 17.9. The lowest BCUT2D eigenvalue weighted by molar-refractivity contribution is 0.174. The molecule has 4 aromatic rings. The summed E-state index contributed by atoms with van der Waals surface area (Å²) < 4.78 is 46.1. The standard InChI is InChI=1S/C24H17F2N5O3/c1-12-6-13-2-5-18(21(25)15(13)7-12)34-24-22(26)23(27-10-28-24)29-20-9-16(30-31-20)14-3-4-17-19(8-14)33-11-32-17/h2-5,7-10H,6,11H2,1H3,(H2,27,28,29,30,31). The summed E-state index contributed by atoms with van der Waals surface area (Å²) >= 11 is 0. The van der Waals surface area contributed by atoms with Crippen molar-refractivity contribution in [2.45, 2.75) is 13.3 Å². The van der Waals surface area contributed by atoms with Crippen LogP contribution in [0, 0.1) is 11.6 Å². The Hall–Kier alpha value is -4.47. The second-order valence-corrected chi connectivity index (χ2v) is 7.92. The minimum atomic E-state index is -0.873. The van der Waals surface area contributed by atoms with E-state index in [9.17, 15) is 4.39 Å². The Bertz CT molecular complexity index is 1470. The molecule has 1 aliphatic carbocycles. The van der Waals surface area contributed by atoms with Crippen LogP contribution in [-0.2, 0) is 6.42 Å². The van der Waals surface area contributed by atoms with Crippen LogP contribution in [0.5, 0.6) is 23.1 Å². The molecule has 0 amide bonds. The first-order chi connectivity index (χ1) is 16.5. The van der Waals surface area contributed by atoms with Crippen LogP contribution in [-0.4, -0.2) is 27.0 Å². The largest absolute Gasteiger partial charge is 0.454 e. The molecule has 6 rings (SSSR count). The van der Waals surface area contributed by atoms with E-state index in [1.807, 2.05) is 19.1 Å². The summed E-state index contributed by atoms with van der Waals surface area (Å²) in [5.41, 5.74) is 3.86. The minimum Gasteiger partial charge on any atom is -0.454 e. The summed E-state index contributed by atoms with van der Waals surface area (Å²) in [7, 11) is 0. The molecule has 0 bridgehead atoms. The Labute approximate surface area is 192 Å². The average Bonchev–Trinajstić information content (AvgIpc) is 3.57. The first-order valence-corrected chi connectivity index (χ1v) is 10.4. The van der Waals surface area contributed by atoms with Gasteiger partial charge in [-0.25, -0.2) is 9.37 Å². The van der Waals surface area contributed by atoms with Crippen molar-refractivity contribution >= 4 is 17.7 Å². The van der Waals surface area contributed by atoms with Gasteiger partial charge in [-0.3, -0.25) is 5.10 Å². The quantitative estimate of drug-likeness (QED) is 0.413. The van der Waals surface area contributed by atoms with E-state index < -0.39 is 17.5 Å². The Morgan fingerprint density at radius 2 is 1.91 bits per heavy atom. The molecule has 2 N–H and O–H groups in total. The normalized spacial score (nSPS) is 13.6. The number of hydrogen-bond acceptors (Lipinski definition) is 7. The van der Waals surface area contributed by atoms with Crippen molar-refractivity contribution in [1.29, 1.82) is 0 Å². The van der Waals surface area contributed by atoms with Crippen molar-refractivity contribution in [3.8, 4) is 34.4 Å². The Morgan fingerprint density at radius 1 is 1.03 bits per heavy atom. The molecule has 8 nitrogen and oxygen atoms in total. The minimum absolute atomic E-state index is 0.113. The number of nitrogens with zero attached hydrogens (tertiary/aromatic N) is 3. The summed E-state index contributed by atoms with van der Waals surface area (Å²) in [6.07, 6.45) is 3.57. The maximum Gasteiger partial charge on any atom is 0.261 e. The molecule has 0 spiro atoms. The molecular formula is C24H17F2N5O3. The maximum atomic E-state index is 15.1. The zero-order chi connectivity index (χ0) is 23.2. The molecule has 34 heavy (non-hydrogen) atoms. The van der Waals surface area contributed by atoms with E-state index in [0.717, 1.165) is 23.0 Å². The zero-order valence-electron chi connectivity index (χ0n) is 17.9. The molecular weight excluding hydrogens is 444 g/mol. The number of halogens is 2. The number of aromatic amines is 1. The molecule has 0 radical (unpaired) electrons. The highest BCUT2D eigenvalue weighted by Crippen LogP contribution is 2.37. The number of rotatable bonds is 5. The lowest BCUT2D eigenvalue weighted by atomic mass is 10.1. The third kappa shape index (κ3) is 3.49. The Balaban J connectivity index is 1.24. The topological polar surface area (TPSA) is 94.2 Å². The SMILES string of the molecule is CC1=Cc2c(ccc(Oc3ncnc(Nc4cc(-c5ccc6c(c5)OCO6)[nH]n4)c3F)c2F)C1. The van der Waals surface area contributed by atoms with Crippen molar-refractivity contribution in [3.05, 3.63) is 71.1 Å². The Kier molecular flexibility index (Phi) is 4.65. The first kappa shape index (κ1) is 20.2. The lowest BCUT2D eigenvalue weighted by Gasteiger charge is -2.11. The van der Waals surface area contributed by atoms with Crippen molar-refractivity contribution in [1.82, 2.24) is 20.2 Å². The highest BCUT2D eigenvalue weighted by molar-refractivity contribution is 5.69. The van der Waals surface area contributed by atoms with Crippen LogP contribution in [0.4, 0.5) is 20.4 Å². The van der Waals surface area contributed by atoms with Crippen LogP contribution < -0.4 is 19.5 Å². The molecule has 0 saturated carbocycles. The van der Waals surface area contributed by atoms with Gasteiger partial charge in [0.2, 0.25) is 12.6 Å². The first-order valence-electron chi connectivity index (χ1n) is 10.4. The molecule has 3 heterocycles. The molecule has 170 valence electrons. The van der Waals surface area contributed by atoms with Gasteiger partial charge in [-0.15, -0.1) is 0 Å². The summed E-state index contributed by atoms with van der Waals surface area (Å²) in [5.74, 6) is -0.478. The highest BCUT2D eigenvalue weighted by Gasteiger charge is 2.21. The van der Waals surface area contributed by atoms with Crippen molar-refractivity contribution < 1.29 is 23.0 Å². The van der Waals surface area contributed by atoms with E-state index in [1.165, 1.54) is 6.07 Å². The van der Waals surface area contributed by atoms with Crippen LogP contribution in [0.3, 0.4) is 0 Å². The third-order valence-electron chi connectivity index (χ3n) is 5.57. The molecule has 2 aromatic heterocycles. The summed E-state index contributed by atoms with van der Waals surface area (Å²) in [6, 6.07) is 10.4. The van der Waals surface area contributed by atoms with Crippen LogP contribution in [0.2, 0.25) is 0 Å². The average molecular weight is 461 g/mol. The fourth-order valence-electron chi connectivity index (χ4n) is 3.93. The molecule has 0 atom stereocenters. The monoisotopic (exact) mass is 461 g/mol. The number of fused-ring (bicyclic) bond motifs is 2. The molecule has 0 saturated heterocycles. The fraction of sp³-hybridized carbons (Fsp3) is 0.125. The van der Waals surface area contributed by atoms with Crippen molar-refractivity contribution in [2.24, 2.45) is 0 Å². The highest BCUT2D eigenvalue weighted by atomic mass is 19.1. The number of anilines is 2. The molecule has 2 aliphatic rings. The van der Waals surface area contributed by atoms with Gasteiger partial charge in [0.15, 0.2) is 34.7 Å². The number of nitrogens with one attached hydrogen (secondary N) is 2. The van der Waals surface area contributed by atoms with E-state index in [1.54, 1.807) is 24.3 Å². The van der Waals surface area contributed by atoms with Gasteiger partial charge < -0.3 is 19.5 Å². The van der Waals surface area contributed by atoms with Crippen molar-refractivity contribution in [2.75, 3.05) is 12.1 Å². The van der Waals surface area contributed by atoms with Crippen LogP contribution in [0.15, 0.2) is 48.3 Å². The maximum absolute atomic E-state index is 15.1. The number of H-pyrrole nitrogens is 1. The van der Waals surface area contributed by atoms with Gasteiger partial charge in [-0.1, -0.05) is 17.7 Å². The summed E-state index contributed by atoms with van der Waals surface area (Å²) in [4.78, 5) is 7.75. The fourth-order valence-corrected chi connectivity index (χ4v) is 3.93. The smallest absolute Gasteiger partial charge is 0.261 e. The second-order valence-electron chi connectivity index (χ2n) is 7.92. The van der Waals surface area contributed by atoms with Crippen LogP contribution >= 0.6 is 0 Å². The van der Waals surface area contributed by atoms with Gasteiger partial charge in [0, 0.05) is 17.2 Å². The van der Waals surface area contributed by atoms with E-state index in [-0.39, 0.29) is 18.4 Å². The molecule has 0 unspecified atom stereocenters. The third-order valence-corrected chi connectivity index (χ3v) is 5.57. The van der Waals surface area contributed by atoms with E-state index in [2.05, 4.69) is 25.5 Å². The van der Waals surface area contributed by atoms with Crippen LogP contribution in [0.1, 0.15) is 18.1 Å². The van der Waals surface area contributed by atoms with Gasteiger partial charge >= 0.3 is 0 Å². The summed E-state index contributed by atoms with van der Waals surface area (Å²) in [5, 5.41) is 9.83. The van der Waals surface area contributed by atoms with E-state index in [0.29, 0.717) is 35.0 Å². The van der Waals surface area contributed by atoms with E-state index >= 15 is 4.39 Å². The number of ether oxygens (including phenoxy) is 3. The van der Waals surface area contributed by atoms with Gasteiger partial charge in [0.05, 0.1) is 5.69 Å². The van der Waals surface area contributed by atoms with Gasteiger partial charge in [-0.05, 0) is 43.2 Å². The second kappa shape index (κ2) is 7.84. The van der Waals surface area contributed by atoms with Gasteiger partial charge in [0.25, 0.3) is 5.88 Å². The lowest BCUT2D eigenvalue weighted by Crippen LogP contribution is -2.02. The Morgan fingerprint density at radius 3 is 2.82 bits per heavy atom. The number of benzene rings is 2.